The van der Waals surface area contributed by atoms with Crippen molar-refractivity contribution in [2.75, 3.05) is 18.0 Å². The van der Waals surface area contributed by atoms with Gasteiger partial charge in [-0.3, -0.25) is 9.10 Å². The quantitative estimate of drug-likeness (QED) is 0.571. The van der Waals surface area contributed by atoms with Crippen molar-refractivity contribution in [3.8, 4) is 11.5 Å². The molecule has 7 nitrogen and oxygen atoms in total. The number of carbonyl (C=O) groups excluding carboxylic acids is 1. The number of hydrogen-bond donors (Lipinski definition) is 1. The van der Waals surface area contributed by atoms with Crippen molar-refractivity contribution in [2.45, 2.75) is 30.4 Å². The minimum Gasteiger partial charge on any atom is -0.497 e. The van der Waals surface area contributed by atoms with Gasteiger partial charge in [0.2, 0.25) is 0 Å². The molecule has 0 saturated heterocycles. The van der Waals surface area contributed by atoms with Crippen molar-refractivity contribution < 1.29 is 22.7 Å². The van der Waals surface area contributed by atoms with Crippen molar-refractivity contribution in [2.24, 2.45) is 0 Å². The highest BCUT2D eigenvalue weighted by molar-refractivity contribution is 7.92. The van der Waals surface area contributed by atoms with E-state index in [0.717, 1.165) is 11.3 Å². The monoisotopic (exact) mass is 466 g/mol. The molecule has 0 aromatic heterocycles. The van der Waals surface area contributed by atoms with Crippen LogP contribution < -0.4 is 19.1 Å². The SMILES string of the molecule is CCC(NC(=O)C1CN(S(=O)(=O)c2ccccc2)c2ccccc2O1)c1ccc(OC)cc1. The largest absolute Gasteiger partial charge is 0.497 e. The van der Waals surface area contributed by atoms with E-state index in [9.17, 15) is 13.2 Å². The maximum absolute atomic E-state index is 13.4. The third-order valence-corrected chi connectivity index (χ3v) is 7.40. The maximum Gasteiger partial charge on any atom is 0.264 e. The van der Waals surface area contributed by atoms with Crippen LogP contribution in [0.4, 0.5) is 5.69 Å². The second kappa shape index (κ2) is 9.54. The summed E-state index contributed by atoms with van der Waals surface area (Å²) in [6.45, 7) is 1.84. The van der Waals surface area contributed by atoms with E-state index in [2.05, 4.69) is 5.32 Å². The van der Waals surface area contributed by atoms with Gasteiger partial charge in [0, 0.05) is 0 Å². The first-order valence-corrected chi connectivity index (χ1v) is 12.2. The number of amides is 1. The lowest BCUT2D eigenvalue weighted by Gasteiger charge is -2.35. The lowest BCUT2D eigenvalue weighted by molar-refractivity contribution is -0.128. The number of methoxy groups -OCH3 is 1. The van der Waals surface area contributed by atoms with E-state index in [-0.39, 0.29) is 23.4 Å². The predicted octanol–water partition coefficient (Wildman–Crippen LogP) is 3.92. The van der Waals surface area contributed by atoms with E-state index < -0.39 is 16.1 Å². The molecule has 1 heterocycles. The minimum absolute atomic E-state index is 0.126. The first-order valence-electron chi connectivity index (χ1n) is 10.7. The van der Waals surface area contributed by atoms with Gasteiger partial charge < -0.3 is 14.8 Å². The van der Waals surface area contributed by atoms with Gasteiger partial charge in [-0.2, -0.15) is 0 Å². The van der Waals surface area contributed by atoms with Gasteiger partial charge in [0.05, 0.1) is 30.3 Å². The van der Waals surface area contributed by atoms with Gasteiger partial charge in [-0.05, 0) is 48.4 Å². The summed E-state index contributed by atoms with van der Waals surface area (Å²) in [5.41, 5.74) is 1.34. The molecule has 172 valence electrons. The summed E-state index contributed by atoms with van der Waals surface area (Å²) in [4.78, 5) is 13.4. The van der Waals surface area contributed by atoms with Crippen LogP contribution in [0.15, 0.2) is 83.8 Å². The first-order chi connectivity index (χ1) is 15.9. The molecule has 3 aromatic carbocycles. The van der Waals surface area contributed by atoms with Crippen molar-refractivity contribution >= 4 is 21.6 Å². The number of fused-ring (bicyclic) bond motifs is 1. The predicted molar refractivity (Wildman–Crippen MR) is 126 cm³/mol. The molecule has 33 heavy (non-hydrogen) atoms. The molecular weight excluding hydrogens is 440 g/mol. The number of para-hydroxylation sites is 2. The molecule has 1 N–H and O–H groups in total. The standard InChI is InChI=1S/C25H26N2O5S/c1-3-21(18-13-15-19(31-2)16-14-18)26-25(28)24-17-27(22-11-7-8-12-23(22)32-24)33(29,30)20-9-5-4-6-10-20/h4-16,21,24H,3,17H2,1-2H3,(H,26,28). The Morgan fingerprint density at radius 2 is 1.73 bits per heavy atom. The van der Waals surface area contributed by atoms with Crippen molar-refractivity contribution in [3.63, 3.8) is 0 Å². The number of rotatable bonds is 7. The molecule has 2 unspecified atom stereocenters. The Morgan fingerprint density at radius 1 is 1.06 bits per heavy atom. The van der Waals surface area contributed by atoms with Crippen LogP contribution in [0.25, 0.3) is 0 Å². The number of carbonyl (C=O) groups is 1. The second-order valence-electron chi connectivity index (χ2n) is 7.67. The zero-order valence-electron chi connectivity index (χ0n) is 18.5. The third kappa shape index (κ3) is 4.66. The van der Waals surface area contributed by atoms with Crippen molar-refractivity contribution in [3.05, 3.63) is 84.4 Å². The van der Waals surface area contributed by atoms with E-state index in [1.165, 1.54) is 4.31 Å². The molecule has 0 saturated carbocycles. The number of hydrogen-bond acceptors (Lipinski definition) is 5. The van der Waals surface area contributed by atoms with Gasteiger partial charge in [0.15, 0.2) is 6.10 Å². The van der Waals surface area contributed by atoms with E-state index in [4.69, 9.17) is 9.47 Å². The Hall–Kier alpha value is -3.52. The summed E-state index contributed by atoms with van der Waals surface area (Å²) in [6, 6.07) is 22.2. The fourth-order valence-corrected chi connectivity index (χ4v) is 5.31. The fourth-order valence-electron chi connectivity index (χ4n) is 3.81. The first kappa shape index (κ1) is 22.7. The van der Waals surface area contributed by atoms with Gasteiger partial charge in [0.1, 0.15) is 11.5 Å². The van der Waals surface area contributed by atoms with Gasteiger partial charge >= 0.3 is 0 Å². The number of benzene rings is 3. The molecule has 4 rings (SSSR count). The molecule has 1 amide bonds. The summed E-state index contributed by atoms with van der Waals surface area (Å²) >= 11 is 0. The number of anilines is 1. The molecule has 0 fully saturated rings. The van der Waals surface area contributed by atoms with Crippen LogP contribution in [0.2, 0.25) is 0 Å². The summed E-state index contributed by atoms with van der Waals surface area (Å²) in [5.74, 6) is 0.704. The summed E-state index contributed by atoms with van der Waals surface area (Å²) in [7, 11) is -2.28. The Labute approximate surface area is 194 Å². The minimum atomic E-state index is -3.88. The Bertz CT molecular complexity index is 1210. The number of nitrogens with zero attached hydrogens (tertiary/aromatic N) is 1. The van der Waals surface area contributed by atoms with E-state index >= 15 is 0 Å². The van der Waals surface area contributed by atoms with Gasteiger partial charge in [-0.15, -0.1) is 0 Å². The molecule has 8 heteroatoms. The lowest BCUT2D eigenvalue weighted by atomic mass is 10.0. The zero-order valence-corrected chi connectivity index (χ0v) is 19.3. The van der Waals surface area contributed by atoms with Crippen LogP contribution in [0.5, 0.6) is 11.5 Å². The molecule has 3 aromatic rings. The van der Waals surface area contributed by atoms with E-state index in [1.54, 1.807) is 61.7 Å². The highest BCUT2D eigenvalue weighted by atomic mass is 32.2. The molecule has 0 aliphatic carbocycles. The highest BCUT2D eigenvalue weighted by Crippen LogP contribution is 2.37. The molecule has 0 spiro atoms. The van der Waals surface area contributed by atoms with E-state index in [0.29, 0.717) is 17.9 Å². The second-order valence-corrected chi connectivity index (χ2v) is 9.53. The molecule has 0 bridgehead atoms. The Kier molecular flexibility index (Phi) is 6.55. The third-order valence-electron chi connectivity index (χ3n) is 5.60. The molecule has 1 aliphatic rings. The highest BCUT2D eigenvalue weighted by Gasteiger charge is 2.37. The van der Waals surface area contributed by atoms with E-state index in [1.807, 2.05) is 31.2 Å². The number of nitrogens with one attached hydrogen (secondary N) is 1. The average molecular weight is 467 g/mol. The van der Waals surface area contributed by atoms with Crippen molar-refractivity contribution in [1.29, 1.82) is 0 Å². The van der Waals surface area contributed by atoms with Crippen LogP contribution in [0.3, 0.4) is 0 Å². The Morgan fingerprint density at radius 3 is 2.39 bits per heavy atom. The summed E-state index contributed by atoms with van der Waals surface area (Å²) < 4.78 is 39.2. The lowest BCUT2D eigenvalue weighted by Crippen LogP contribution is -2.51. The Balaban J connectivity index is 1.60. The van der Waals surface area contributed by atoms with Crippen LogP contribution in [-0.2, 0) is 14.8 Å². The molecular formula is C25H26N2O5S. The average Bonchev–Trinajstić information content (AvgIpc) is 2.87. The molecule has 2 atom stereocenters. The van der Waals surface area contributed by atoms with Gasteiger partial charge in [0.25, 0.3) is 15.9 Å². The fraction of sp³-hybridized carbons (Fsp3) is 0.240. The summed E-state index contributed by atoms with van der Waals surface area (Å²) in [5, 5.41) is 3.01. The smallest absolute Gasteiger partial charge is 0.264 e. The van der Waals surface area contributed by atoms with Crippen LogP contribution in [0.1, 0.15) is 24.9 Å². The summed E-state index contributed by atoms with van der Waals surface area (Å²) in [6.07, 6.45) is -0.335. The number of sulfonamides is 1. The molecule has 1 aliphatic heterocycles. The topological polar surface area (TPSA) is 84.9 Å². The zero-order chi connectivity index (χ0) is 23.4. The van der Waals surface area contributed by atoms with Crippen LogP contribution in [-0.4, -0.2) is 34.1 Å². The van der Waals surface area contributed by atoms with Gasteiger partial charge in [-0.1, -0.05) is 49.4 Å². The normalized spacial score (nSPS) is 16.3. The van der Waals surface area contributed by atoms with Gasteiger partial charge in [-0.25, -0.2) is 8.42 Å². The molecule has 0 radical (unpaired) electrons. The number of ether oxygens (including phenoxy) is 2. The maximum atomic E-state index is 13.4. The van der Waals surface area contributed by atoms with Crippen molar-refractivity contribution in [1.82, 2.24) is 5.32 Å². The van der Waals surface area contributed by atoms with Crippen LogP contribution in [0, 0.1) is 0 Å². The van der Waals surface area contributed by atoms with Crippen LogP contribution >= 0.6 is 0 Å².